The fourth-order valence-electron chi connectivity index (χ4n) is 1.86. The van der Waals surface area contributed by atoms with Crippen LogP contribution in [-0.2, 0) is 11.0 Å². The van der Waals surface area contributed by atoms with Crippen molar-refractivity contribution in [3.05, 3.63) is 44.1 Å². The van der Waals surface area contributed by atoms with E-state index in [-0.39, 0.29) is 11.3 Å². The number of aromatic nitrogens is 2. The van der Waals surface area contributed by atoms with Gasteiger partial charge in [-0.3, -0.25) is 4.79 Å². The van der Waals surface area contributed by atoms with Crippen LogP contribution in [0.5, 0.6) is 0 Å². The maximum absolute atomic E-state index is 12.5. The second-order valence-electron chi connectivity index (χ2n) is 6.88. The van der Waals surface area contributed by atoms with E-state index >= 15 is 0 Å². The number of amides is 1. The van der Waals surface area contributed by atoms with Gasteiger partial charge in [0.05, 0.1) is 11.1 Å². The highest BCUT2D eigenvalue weighted by atomic mass is 127. The zero-order valence-corrected chi connectivity index (χ0v) is 16.6. The van der Waals surface area contributed by atoms with E-state index in [4.69, 9.17) is 16.1 Å². The molecular formula is C16H19ClIN3O2. The van der Waals surface area contributed by atoms with E-state index in [1.807, 2.05) is 34.6 Å². The fraction of sp³-hybridized carbons (Fsp3) is 0.438. The SMILES string of the molecule is CC(C)(C)c1nc(C(C)(C)NC(=O)c2ccc(Cl)cc2I)no1. The van der Waals surface area contributed by atoms with Gasteiger partial charge in [0, 0.05) is 14.0 Å². The number of carbonyl (C=O) groups is 1. The number of rotatable bonds is 3. The number of hydrogen-bond donors (Lipinski definition) is 1. The highest BCUT2D eigenvalue weighted by molar-refractivity contribution is 14.1. The normalized spacial score (nSPS) is 12.3. The second kappa shape index (κ2) is 6.39. The number of halogens is 2. The van der Waals surface area contributed by atoms with Gasteiger partial charge in [-0.1, -0.05) is 37.5 Å². The minimum atomic E-state index is -0.757. The molecule has 2 rings (SSSR count). The van der Waals surface area contributed by atoms with Crippen molar-refractivity contribution < 1.29 is 9.32 Å². The maximum atomic E-state index is 12.5. The Balaban J connectivity index is 2.23. The van der Waals surface area contributed by atoms with Gasteiger partial charge in [0.1, 0.15) is 0 Å². The molecule has 0 unspecified atom stereocenters. The summed E-state index contributed by atoms with van der Waals surface area (Å²) in [4.78, 5) is 16.9. The molecule has 0 saturated carbocycles. The molecule has 5 nitrogen and oxygen atoms in total. The van der Waals surface area contributed by atoms with E-state index in [2.05, 4.69) is 38.0 Å². The first kappa shape index (κ1) is 18.2. The summed E-state index contributed by atoms with van der Waals surface area (Å²) in [5.41, 5.74) is -0.438. The van der Waals surface area contributed by atoms with Crippen LogP contribution in [0.1, 0.15) is 56.7 Å². The molecule has 0 aliphatic heterocycles. The molecule has 23 heavy (non-hydrogen) atoms. The third-order valence-corrected chi connectivity index (χ3v) is 4.36. The quantitative estimate of drug-likeness (QED) is 0.713. The smallest absolute Gasteiger partial charge is 0.253 e. The summed E-state index contributed by atoms with van der Waals surface area (Å²) < 4.78 is 6.09. The van der Waals surface area contributed by atoms with Gasteiger partial charge >= 0.3 is 0 Å². The fourth-order valence-corrected chi connectivity index (χ4v) is 2.98. The molecule has 1 N–H and O–H groups in total. The monoisotopic (exact) mass is 447 g/mol. The van der Waals surface area contributed by atoms with Crippen LogP contribution in [0.3, 0.4) is 0 Å². The van der Waals surface area contributed by atoms with Gasteiger partial charge in [0.15, 0.2) is 5.82 Å². The summed E-state index contributed by atoms with van der Waals surface area (Å²) in [5.74, 6) is 0.772. The van der Waals surface area contributed by atoms with Gasteiger partial charge in [-0.15, -0.1) is 0 Å². The molecule has 0 bridgehead atoms. The van der Waals surface area contributed by atoms with Crippen LogP contribution in [-0.4, -0.2) is 16.0 Å². The lowest BCUT2D eigenvalue weighted by Gasteiger charge is -2.23. The van der Waals surface area contributed by atoms with E-state index in [0.717, 1.165) is 3.57 Å². The molecule has 0 saturated heterocycles. The van der Waals surface area contributed by atoms with Crippen molar-refractivity contribution in [3.63, 3.8) is 0 Å². The van der Waals surface area contributed by atoms with Crippen LogP contribution in [0.15, 0.2) is 22.7 Å². The highest BCUT2D eigenvalue weighted by Gasteiger charge is 2.32. The van der Waals surface area contributed by atoms with Gasteiger partial charge in [-0.25, -0.2) is 0 Å². The van der Waals surface area contributed by atoms with Crippen LogP contribution in [0, 0.1) is 3.57 Å². The minimum absolute atomic E-state index is 0.210. The van der Waals surface area contributed by atoms with Crippen molar-refractivity contribution in [3.8, 4) is 0 Å². The average molecular weight is 448 g/mol. The maximum Gasteiger partial charge on any atom is 0.253 e. The second-order valence-corrected chi connectivity index (χ2v) is 8.48. The number of hydrogen-bond acceptors (Lipinski definition) is 4. The Morgan fingerprint density at radius 3 is 2.43 bits per heavy atom. The number of nitrogens with zero attached hydrogens (tertiary/aromatic N) is 2. The summed E-state index contributed by atoms with van der Waals surface area (Å²) >= 11 is 8.01. The third-order valence-electron chi connectivity index (χ3n) is 3.23. The predicted octanol–water partition coefficient (Wildman–Crippen LogP) is 4.29. The molecule has 124 valence electrons. The molecule has 7 heteroatoms. The Morgan fingerprint density at radius 2 is 1.91 bits per heavy atom. The first-order valence-electron chi connectivity index (χ1n) is 7.13. The molecule has 0 spiro atoms. The van der Waals surface area contributed by atoms with Crippen molar-refractivity contribution in [1.82, 2.24) is 15.5 Å². The zero-order chi connectivity index (χ0) is 17.4. The van der Waals surface area contributed by atoms with Crippen LogP contribution >= 0.6 is 34.2 Å². The summed E-state index contributed by atoms with van der Waals surface area (Å²) in [6.45, 7) is 9.65. The molecule has 0 atom stereocenters. The van der Waals surface area contributed by atoms with Gasteiger partial charge in [0.2, 0.25) is 5.89 Å². The Hall–Kier alpha value is -1.15. The predicted molar refractivity (Wildman–Crippen MR) is 97.7 cm³/mol. The van der Waals surface area contributed by atoms with Gasteiger partial charge < -0.3 is 9.84 Å². The van der Waals surface area contributed by atoms with Crippen molar-refractivity contribution >= 4 is 40.1 Å². The molecule has 2 aromatic rings. The molecule has 0 fully saturated rings. The van der Waals surface area contributed by atoms with E-state index in [0.29, 0.717) is 22.3 Å². The third kappa shape index (κ3) is 4.23. The topological polar surface area (TPSA) is 68.0 Å². The molecule has 1 aromatic heterocycles. The summed E-state index contributed by atoms with van der Waals surface area (Å²) in [6, 6.07) is 5.14. The summed E-state index contributed by atoms with van der Waals surface area (Å²) in [6.07, 6.45) is 0. The molecule has 1 aromatic carbocycles. The largest absolute Gasteiger partial charge is 0.340 e. The summed E-state index contributed by atoms with van der Waals surface area (Å²) in [7, 11) is 0. The zero-order valence-electron chi connectivity index (χ0n) is 13.7. The first-order valence-corrected chi connectivity index (χ1v) is 8.58. The first-order chi connectivity index (χ1) is 10.5. The Bertz CT molecular complexity index is 735. The summed E-state index contributed by atoms with van der Waals surface area (Å²) in [5, 5.41) is 7.55. The number of benzene rings is 1. The van der Waals surface area contributed by atoms with Crippen LogP contribution < -0.4 is 5.32 Å². The Morgan fingerprint density at radius 1 is 1.26 bits per heavy atom. The lowest BCUT2D eigenvalue weighted by atomic mass is 9.97. The highest BCUT2D eigenvalue weighted by Crippen LogP contribution is 2.25. The van der Waals surface area contributed by atoms with Crippen molar-refractivity contribution in [2.75, 3.05) is 0 Å². The molecule has 0 aliphatic rings. The van der Waals surface area contributed by atoms with Crippen LogP contribution in [0.2, 0.25) is 5.02 Å². The number of nitrogens with one attached hydrogen (secondary N) is 1. The Kier molecular flexibility index (Phi) is 5.06. The number of carbonyl (C=O) groups excluding carboxylic acids is 1. The molecule has 1 heterocycles. The van der Waals surface area contributed by atoms with E-state index in [9.17, 15) is 4.79 Å². The van der Waals surface area contributed by atoms with E-state index < -0.39 is 5.54 Å². The van der Waals surface area contributed by atoms with Crippen LogP contribution in [0.4, 0.5) is 0 Å². The average Bonchev–Trinajstić information content (AvgIpc) is 2.87. The van der Waals surface area contributed by atoms with Crippen LogP contribution in [0.25, 0.3) is 0 Å². The lowest BCUT2D eigenvalue weighted by Crippen LogP contribution is -2.42. The van der Waals surface area contributed by atoms with Crippen molar-refractivity contribution in [2.24, 2.45) is 0 Å². The van der Waals surface area contributed by atoms with Gasteiger partial charge in [0.25, 0.3) is 5.91 Å². The van der Waals surface area contributed by atoms with E-state index in [1.165, 1.54) is 0 Å². The standard InChI is InChI=1S/C16H19ClIN3O2/c1-15(2,3)14-19-13(21-23-14)16(4,5)20-12(22)10-7-6-9(17)8-11(10)18/h6-8H,1-5H3,(H,20,22). The molecule has 1 amide bonds. The molecule has 0 radical (unpaired) electrons. The van der Waals surface area contributed by atoms with E-state index in [1.54, 1.807) is 18.2 Å². The lowest BCUT2D eigenvalue weighted by molar-refractivity contribution is 0.0906. The van der Waals surface area contributed by atoms with Crippen molar-refractivity contribution in [1.29, 1.82) is 0 Å². The molecule has 0 aliphatic carbocycles. The Labute approximate surface area is 154 Å². The van der Waals surface area contributed by atoms with Gasteiger partial charge in [-0.05, 0) is 54.6 Å². The minimum Gasteiger partial charge on any atom is -0.340 e. The van der Waals surface area contributed by atoms with Crippen molar-refractivity contribution in [2.45, 2.75) is 45.6 Å². The molecular weight excluding hydrogens is 429 g/mol. The van der Waals surface area contributed by atoms with Gasteiger partial charge in [-0.2, -0.15) is 4.98 Å².